The highest BCUT2D eigenvalue weighted by atomic mass is 32.2. The van der Waals surface area contributed by atoms with E-state index in [1.165, 1.54) is 0 Å². The van der Waals surface area contributed by atoms with E-state index in [-0.39, 0.29) is 17.7 Å². The normalized spacial score (nSPS) is 12.3. The second kappa shape index (κ2) is 6.85. The lowest BCUT2D eigenvalue weighted by molar-refractivity contribution is 0.0741. The van der Waals surface area contributed by atoms with Gasteiger partial charge in [-0.15, -0.1) is 0 Å². The summed E-state index contributed by atoms with van der Waals surface area (Å²) in [6.07, 6.45) is 2.94. The van der Waals surface area contributed by atoms with Crippen molar-refractivity contribution in [2.75, 3.05) is 19.1 Å². The maximum Gasteiger partial charge on any atom is 0.257 e. The van der Waals surface area contributed by atoms with E-state index in [4.69, 9.17) is 0 Å². The van der Waals surface area contributed by atoms with Gasteiger partial charge in [-0.2, -0.15) is 11.8 Å². The molecule has 0 saturated carbocycles. The van der Waals surface area contributed by atoms with Crippen LogP contribution in [0.25, 0.3) is 10.8 Å². The van der Waals surface area contributed by atoms with Crippen LogP contribution in [0.1, 0.15) is 23.7 Å². The van der Waals surface area contributed by atoms with Crippen LogP contribution < -0.4 is 0 Å². The first-order chi connectivity index (χ1) is 10.1. The molecule has 1 amide bonds. The number of thioether (sulfide) groups is 1. The molecule has 1 atom stereocenters. The topological polar surface area (TPSA) is 40.5 Å². The van der Waals surface area contributed by atoms with E-state index in [0.717, 1.165) is 22.9 Å². The number of benzene rings is 2. The SMILES string of the molecule is CCC(CSC)N(C)C(=O)c1ccc2ccccc2c1O. The Morgan fingerprint density at radius 2 is 2.00 bits per heavy atom. The van der Waals surface area contributed by atoms with E-state index in [1.807, 2.05) is 36.6 Å². The summed E-state index contributed by atoms with van der Waals surface area (Å²) in [6.45, 7) is 2.07. The lowest BCUT2D eigenvalue weighted by atomic mass is 10.0. The third-order valence-electron chi connectivity index (χ3n) is 3.83. The molecule has 0 aliphatic rings. The second-order valence-corrected chi connectivity index (χ2v) is 6.03. The summed E-state index contributed by atoms with van der Waals surface area (Å²) in [7, 11) is 1.81. The van der Waals surface area contributed by atoms with Crippen LogP contribution in [0.15, 0.2) is 36.4 Å². The van der Waals surface area contributed by atoms with Crippen LogP contribution in [0.5, 0.6) is 5.75 Å². The van der Waals surface area contributed by atoms with Gasteiger partial charge < -0.3 is 10.0 Å². The van der Waals surface area contributed by atoms with Gasteiger partial charge in [0.25, 0.3) is 5.91 Å². The molecule has 0 aromatic heterocycles. The molecule has 0 radical (unpaired) electrons. The molecule has 0 aliphatic carbocycles. The van der Waals surface area contributed by atoms with Gasteiger partial charge in [-0.05, 0) is 24.1 Å². The number of phenolic OH excluding ortho intramolecular Hbond substituents is 1. The van der Waals surface area contributed by atoms with Gasteiger partial charge in [0.15, 0.2) is 0 Å². The highest BCUT2D eigenvalue weighted by molar-refractivity contribution is 7.98. The Kier molecular flexibility index (Phi) is 5.12. The number of carbonyl (C=O) groups excluding carboxylic acids is 1. The summed E-state index contributed by atoms with van der Waals surface area (Å²) >= 11 is 1.73. The van der Waals surface area contributed by atoms with Crippen molar-refractivity contribution in [3.8, 4) is 5.75 Å². The number of rotatable bonds is 5. The third-order valence-corrected chi connectivity index (χ3v) is 4.55. The molecule has 4 heteroatoms. The van der Waals surface area contributed by atoms with Gasteiger partial charge in [0.05, 0.1) is 5.56 Å². The minimum absolute atomic E-state index is 0.0731. The predicted octanol–water partition coefficient (Wildman–Crippen LogP) is 3.76. The van der Waals surface area contributed by atoms with Crippen LogP contribution in [-0.4, -0.2) is 41.0 Å². The minimum atomic E-state index is -0.126. The highest BCUT2D eigenvalue weighted by Gasteiger charge is 2.22. The van der Waals surface area contributed by atoms with Gasteiger partial charge in [0.2, 0.25) is 0 Å². The molecule has 1 unspecified atom stereocenters. The van der Waals surface area contributed by atoms with Crippen molar-refractivity contribution in [3.05, 3.63) is 42.0 Å². The zero-order valence-corrected chi connectivity index (χ0v) is 13.5. The van der Waals surface area contributed by atoms with Crippen LogP contribution in [0.4, 0.5) is 0 Å². The summed E-state index contributed by atoms with van der Waals surface area (Å²) in [4.78, 5) is 14.4. The van der Waals surface area contributed by atoms with Crippen molar-refractivity contribution in [2.24, 2.45) is 0 Å². The molecule has 2 aromatic carbocycles. The van der Waals surface area contributed by atoms with Crippen LogP contribution in [0.2, 0.25) is 0 Å². The van der Waals surface area contributed by atoms with Gasteiger partial charge in [-0.1, -0.05) is 37.3 Å². The molecule has 0 saturated heterocycles. The van der Waals surface area contributed by atoms with Gasteiger partial charge in [-0.3, -0.25) is 4.79 Å². The fourth-order valence-corrected chi connectivity index (χ4v) is 3.32. The number of nitrogens with zero attached hydrogens (tertiary/aromatic N) is 1. The zero-order chi connectivity index (χ0) is 15.4. The summed E-state index contributed by atoms with van der Waals surface area (Å²) in [5, 5.41) is 12.1. The largest absolute Gasteiger partial charge is 0.506 e. The van der Waals surface area contributed by atoms with Crippen molar-refractivity contribution in [1.29, 1.82) is 0 Å². The van der Waals surface area contributed by atoms with Crippen LogP contribution in [0.3, 0.4) is 0 Å². The Hall–Kier alpha value is -1.68. The van der Waals surface area contributed by atoms with Gasteiger partial charge in [-0.25, -0.2) is 0 Å². The number of aromatic hydroxyl groups is 1. The Morgan fingerprint density at radius 3 is 2.67 bits per heavy atom. The Labute approximate surface area is 130 Å². The van der Waals surface area contributed by atoms with E-state index in [0.29, 0.717) is 5.56 Å². The maximum absolute atomic E-state index is 12.6. The smallest absolute Gasteiger partial charge is 0.257 e. The van der Waals surface area contributed by atoms with Crippen molar-refractivity contribution in [1.82, 2.24) is 4.90 Å². The summed E-state index contributed by atoms with van der Waals surface area (Å²) in [5.41, 5.74) is 0.371. The fraction of sp³-hybridized carbons (Fsp3) is 0.353. The van der Waals surface area contributed by atoms with Crippen molar-refractivity contribution >= 4 is 28.4 Å². The molecule has 2 aromatic rings. The van der Waals surface area contributed by atoms with E-state index in [1.54, 1.807) is 29.8 Å². The van der Waals surface area contributed by atoms with Crippen molar-refractivity contribution in [3.63, 3.8) is 0 Å². The molecule has 21 heavy (non-hydrogen) atoms. The van der Waals surface area contributed by atoms with E-state index < -0.39 is 0 Å². The number of fused-ring (bicyclic) bond motifs is 1. The standard InChI is InChI=1S/C17H21NO2S/c1-4-13(11-21-3)18(2)17(20)15-10-9-12-7-5-6-8-14(12)16(15)19/h5-10,13,19H,4,11H2,1-3H3. The zero-order valence-electron chi connectivity index (χ0n) is 12.7. The number of carbonyl (C=O) groups is 1. The van der Waals surface area contributed by atoms with Gasteiger partial charge in [0.1, 0.15) is 5.75 Å². The highest BCUT2D eigenvalue weighted by Crippen LogP contribution is 2.29. The maximum atomic E-state index is 12.6. The third kappa shape index (κ3) is 3.16. The molecule has 0 fully saturated rings. The molecule has 1 N–H and O–H groups in total. The molecule has 3 nitrogen and oxygen atoms in total. The van der Waals surface area contributed by atoms with Crippen molar-refractivity contribution in [2.45, 2.75) is 19.4 Å². The number of hydrogen-bond acceptors (Lipinski definition) is 3. The Morgan fingerprint density at radius 1 is 1.29 bits per heavy atom. The number of amides is 1. The predicted molar refractivity (Wildman–Crippen MR) is 90.2 cm³/mol. The average molecular weight is 303 g/mol. The first kappa shape index (κ1) is 15.7. The second-order valence-electron chi connectivity index (χ2n) is 5.12. The molecule has 112 valence electrons. The first-order valence-corrected chi connectivity index (χ1v) is 8.46. The monoisotopic (exact) mass is 303 g/mol. The molecule has 2 rings (SSSR count). The van der Waals surface area contributed by atoms with Crippen molar-refractivity contribution < 1.29 is 9.90 Å². The lowest BCUT2D eigenvalue weighted by Gasteiger charge is -2.27. The molecule has 0 spiro atoms. The quantitative estimate of drug-likeness (QED) is 0.914. The fourth-order valence-electron chi connectivity index (χ4n) is 2.48. The summed E-state index contributed by atoms with van der Waals surface area (Å²) in [6, 6.07) is 11.3. The first-order valence-electron chi connectivity index (χ1n) is 7.07. The lowest BCUT2D eigenvalue weighted by Crippen LogP contribution is -2.38. The Balaban J connectivity index is 2.37. The summed E-state index contributed by atoms with van der Waals surface area (Å²) < 4.78 is 0. The van der Waals surface area contributed by atoms with E-state index in [9.17, 15) is 9.90 Å². The average Bonchev–Trinajstić information content (AvgIpc) is 2.52. The van der Waals surface area contributed by atoms with E-state index in [2.05, 4.69) is 6.92 Å². The molecular formula is C17H21NO2S. The van der Waals surface area contributed by atoms with Gasteiger partial charge in [0, 0.05) is 24.2 Å². The number of hydrogen-bond donors (Lipinski definition) is 1. The Bertz CT molecular complexity index is 642. The molecule has 0 heterocycles. The molecule has 0 aliphatic heterocycles. The van der Waals surface area contributed by atoms with E-state index >= 15 is 0 Å². The number of phenols is 1. The van der Waals surface area contributed by atoms with Crippen LogP contribution in [-0.2, 0) is 0 Å². The molecular weight excluding hydrogens is 282 g/mol. The van der Waals surface area contributed by atoms with Crippen LogP contribution in [0, 0.1) is 0 Å². The summed E-state index contributed by atoms with van der Waals surface area (Å²) in [5.74, 6) is 0.843. The van der Waals surface area contributed by atoms with Crippen LogP contribution >= 0.6 is 11.8 Å². The molecule has 0 bridgehead atoms. The minimum Gasteiger partial charge on any atom is -0.506 e. The van der Waals surface area contributed by atoms with Gasteiger partial charge >= 0.3 is 0 Å².